The predicted octanol–water partition coefficient (Wildman–Crippen LogP) is 3.91. The van der Waals surface area contributed by atoms with E-state index in [4.69, 9.17) is 4.74 Å². The van der Waals surface area contributed by atoms with Gasteiger partial charge in [0.05, 0.1) is 4.90 Å². The molecule has 0 aliphatic carbocycles. The summed E-state index contributed by atoms with van der Waals surface area (Å²) < 4.78 is 34.6. The number of piperidine rings is 1. The van der Waals surface area contributed by atoms with Crippen LogP contribution in [0.25, 0.3) is 0 Å². The molecular formula is C21H34N2O4S. The smallest absolute Gasteiger partial charge is 0.410 e. The normalized spacial score (nSPS) is 16.4. The van der Waals surface area contributed by atoms with E-state index in [1.165, 1.54) is 0 Å². The number of amides is 1. The number of nitrogens with zero attached hydrogens (tertiary/aromatic N) is 1. The summed E-state index contributed by atoms with van der Waals surface area (Å²) in [6, 6.07) is -0.190. The van der Waals surface area contributed by atoms with Gasteiger partial charge in [0.15, 0.2) is 0 Å². The Morgan fingerprint density at radius 1 is 0.929 bits per heavy atom. The summed E-state index contributed by atoms with van der Waals surface area (Å²) in [5, 5.41) is 0. The van der Waals surface area contributed by atoms with Crippen LogP contribution in [0.1, 0.15) is 61.4 Å². The van der Waals surface area contributed by atoms with Crippen molar-refractivity contribution in [3.8, 4) is 0 Å². The predicted molar refractivity (Wildman–Crippen MR) is 111 cm³/mol. The maximum Gasteiger partial charge on any atom is 0.410 e. The molecule has 0 atom stereocenters. The van der Waals surface area contributed by atoms with Gasteiger partial charge in [0.1, 0.15) is 5.60 Å². The first kappa shape index (κ1) is 22.7. The molecule has 28 heavy (non-hydrogen) atoms. The average Bonchev–Trinajstić information content (AvgIpc) is 2.57. The molecule has 1 saturated heterocycles. The van der Waals surface area contributed by atoms with E-state index in [1.807, 2.05) is 55.4 Å². The molecule has 2 rings (SSSR count). The average molecular weight is 411 g/mol. The van der Waals surface area contributed by atoms with E-state index in [0.29, 0.717) is 30.8 Å². The Morgan fingerprint density at radius 3 is 1.79 bits per heavy atom. The van der Waals surface area contributed by atoms with Crippen LogP contribution >= 0.6 is 0 Å². The monoisotopic (exact) mass is 410 g/mol. The number of ether oxygens (including phenoxy) is 1. The molecule has 158 valence electrons. The van der Waals surface area contributed by atoms with Crippen molar-refractivity contribution in [2.45, 2.75) is 84.8 Å². The number of nitrogens with one attached hydrogen (secondary N) is 1. The van der Waals surface area contributed by atoms with Crippen molar-refractivity contribution >= 4 is 16.1 Å². The van der Waals surface area contributed by atoms with Crippen molar-refractivity contribution in [1.29, 1.82) is 0 Å². The van der Waals surface area contributed by atoms with Gasteiger partial charge >= 0.3 is 6.09 Å². The summed E-state index contributed by atoms with van der Waals surface area (Å²) >= 11 is 0. The number of carbonyl (C=O) groups excluding carboxylic acids is 1. The van der Waals surface area contributed by atoms with Crippen LogP contribution in [0.5, 0.6) is 0 Å². The molecule has 0 aromatic heterocycles. The standard InChI is InChI=1S/C21H34N2O4S/c1-13-14(2)16(4)19(17(5)15(13)3)28(25,26)22-18-9-11-23(12-10-18)20(24)27-21(6,7)8/h18,22H,9-12H2,1-8H3. The van der Waals surface area contributed by atoms with E-state index in [0.717, 1.165) is 27.8 Å². The molecule has 1 aromatic carbocycles. The Kier molecular flexibility index (Phi) is 6.50. The van der Waals surface area contributed by atoms with Crippen LogP contribution in [0, 0.1) is 34.6 Å². The van der Waals surface area contributed by atoms with E-state index in [-0.39, 0.29) is 12.1 Å². The molecule has 0 spiro atoms. The molecule has 0 unspecified atom stereocenters. The molecule has 1 fully saturated rings. The molecule has 1 N–H and O–H groups in total. The minimum absolute atomic E-state index is 0.190. The molecule has 1 heterocycles. The van der Waals surface area contributed by atoms with Gasteiger partial charge in [-0.25, -0.2) is 17.9 Å². The Morgan fingerprint density at radius 2 is 1.36 bits per heavy atom. The van der Waals surface area contributed by atoms with E-state index >= 15 is 0 Å². The van der Waals surface area contributed by atoms with Crippen molar-refractivity contribution in [2.24, 2.45) is 0 Å². The van der Waals surface area contributed by atoms with E-state index in [1.54, 1.807) is 4.90 Å². The minimum Gasteiger partial charge on any atom is -0.444 e. The zero-order chi connectivity index (χ0) is 21.4. The Bertz CT molecular complexity index is 832. The summed E-state index contributed by atoms with van der Waals surface area (Å²) in [6.07, 6.45) is 0.797. The van der Waals surface area contributed by atoms with Gasteiger partial charge in [0.2, 0.25) is 10.0 Å². The van der Waals surface area contributed by atoms with Crippen LogP contribution in [0.3, 0.4) is 0 Å². The highest BCUT2D eigenvalue weighted by Gasteiger charge is 2.31. The quantitative estimate of drug-likeness (QED) is 0.820. The second-order valence-electron chi connectivity index (χ2n) is 8.82. The van der Waals surface area contributed by atoms with Gasteiger partial charge in [0, 0.05) is 19.1 Å². The lowest BCUT2D eigenvalue weighted by molar-refractivity contribution is 0.0203. The number of carbonyl (C=O) groups is 1. The van der Waals surface area contributed by atoms with Crippen LogP contribution < -0.4 is 4.72 Å². The molecule has 6 nitrogen and oxygen atoms in total. The number of benzene rings is 1. The molecule has 7 heteroatoms. The van der Waals surface area contributed by atoms with Crippen molar-refractivity contribution < 1.29 is 17.9 Å². The first-order chi connectivity index (χ1) is 12.7. The van der Waals surface area contributed by atoms with E-state index in [9.17, 15) is 13.2 Å². The largest absolute Gasteiger partial charge is 0.444 e. The van der Waals surface area contributed by atoms with Crippen LogP contribution in [0.15, 0.2) is 4.90 Å². The zero-order valence-corrected chi connectivity index (χ0v) is 19.2. The Labute approximate surface area is 169 Å². The third-order valence-corrected chi connectivity index (χ3v) is 7.46. The number of rotatable bonds is 3. The Hall–Kier alpha value is -1.60. The molecule has 1 amide bonds. The van der Waals surface area contributed by atoms with Gasteiger partial charge < -0.3 is 9.64 Å². The topological polar surface area (TPSA) is 75.7 Å². The van der Waals surface area contributed by atoms with Gasteiger partial charge in [-0.3, -0.25) is 0 Å². The third-order valence-electron chi connectivity index (χ3n) is 5.67. The van der Waals surface area contributed by atoms with Crippen molar-refractivity contribution in [3.05, 3.63) is 27.8 Å². The summed E-state index contributed by atoms with van der Waals surface area (Å²) in [6.45, 7) is 16.2. The van der Waals surface area contributed by atoms with Crippen molar-refractivity contribution in [2.75, 3.05) is 13.1 Å². The fraction of sp³-hybridized carbons (Fsp3) is 0.667. The highest BCUT2D eigenvalue weighted by molar-refractivity contribution is 7.89. The van der Waals surface area contributed by atoms with Crippen molar-refractivity contribution in [1.82, 2.24) is 9.62 Å². The minimum atomic E-state index is -3.63. The van der Waals surface area contributed by atoms with Gasteiger partial charge in [-0.2, -0.15) is 0 Å². The summed E-state index contributed by atoms with van der Waals surface area (Å²) in [7, 11) is -3.63. The second-order valence-corrected chi connectivity index (χ2v) is 10.5. The maximum absolute atomic E-state index is 13.1. The first-order valence-corrected chi connectivity index (χ1v) is 11.3. The molecule has 0 bridgehead atoms. The van der Waals surface area contributed by atoms with Crippen LogP contribution in [0.2, 0.25) is 0 Å². The van der Waals surface area contributed by atoms with E-state index < -0.39 is 15.6 Å². The number of hydrogen-bond acceptors (Lipinski definition) is 4. The van der Waals surface area contributed by atoms with Crippen LogP contribution in [0.4, 0.5) is 4.79 Å². The van der Waals surface area contributed by atoms with Gasteiger partial charge in [0.25, 0.3) is 0 Å². The maximum atomic E-state index is 13.1. The van der Waals surface area contributed by atoms with Gasteiger partial charge in [-0.15, -0.1) is 0 Å². The Balaban J connectivity index is 2.13. The first-order valence-electron chi connectivity index (χ1n) is 9.82. The number of likely N-dealkylation sites (tertiary alicyclic amines) is 1. The third kappa shape index (κ3) is 4.87. The van der Waals surface area contributed by atoms with Gasteiger partial charge in [-0.1, -0.05) is 0 Å². The molecule has 0 saturated carbocycles. The summed E-state index contributed by atoms with van der Waals surface area (Å²) in [5.41, 5.74) is 4.25. The lowest BCUT2D eigenvalue weighted by Gasteiger charge is -2.33. The fourth-order valence-electron chi connectivity index (χ4n) is 3.65. The SMILES string of the molecule is Cc1c(C)c(C)c(S(=O)(=O)NC2CCN(C(=O)OC(C)(C)C)CC2)c(C)c1C. The highest BCUT2D eigenvalue weighted by Crippen LogP contribution is 2.30. The van der Waals surface area contributed by atoms with E-state index in [2.05, 4.69) is 4.72 Å². The summed E-state index contributed by atoms with van der Waals surface area (Å²) in [4.78, 5) is 14.2. The number of hydrogen-bond donors (Lipinski definition) is 1. The van der Waals surface area contributed by atoms with Gasteiger partial charge in [-0.05, 0) is 96.0 Å². The second kappa shape index (κ2) is 8.03. The van der Waals surface area contributed by atoms with Crippen molar-refractivity contribution in [3.63, 3.8) is 0 Å². The highest BCUT2D eigenvalue weighted by atomic mass is 32.2. The molecule has 1 aromatic rings. The lowest BCUT2D eigenvalue weighted by atomic mass is 9.95. The molecule has 1 aliphatic heterocycles. The molecule has 0 radical (unpaired) electrons. The number of sulfonamides is 1. The van der Waals surface area contributed by atoms with Crippen LogP contribution in [-0.4, -0.2) is 44.1 Å². The fourth-order valence-corrected chi connectivity index (χ4v) is 5.56. The van der Waals surface area contributed by atoms with Crippen LogP contribution in [-0.2, 0) is 14.8 Å². The lowest BCUT2D eigenvalue weighted by Crippen LogP contribution is -2.47. The summed E-state index contributed by atoms with van der Waals surface area (Å²) in [5.74, 6) is 0. The molecule has 1 aliphatic rings. The molecular weight excluding hydrogens is 376 g/mol. The zero-order valence-electron chi connectivity index (χ0n) is 18.4.